The quantitative estimate of drug-likeness (QED) is 0.770. The summed E-state index contributed by atoms with van der Waals surface area (Å²) in [6.45, 7) is 8.16. The topological polar surface area (TPSA) is 64.8 Å². The predicted octanol–water partition coefficient (Wildman–Crippen LogP) is 2.22. The first-order valence-electron chi connectivity index (χ1n) is 7.84. The van der Waals surface area contributed by atoms with E-state index in [9.17, 15) is 4.79 Å². The molecule has 1 unspecified atom stereocenters. The number of halogens is 1. The molecule has 2 N–H and O–H groups in total. The molecule has 1 saturated heterocycles. The van der Waals surface area contributed by atoms with Crippen LogP contribution in [0.3, 0.4) is 0 Å². The Bertz CT molecular complexity index is 495. The first-order valence-corrected chi connectivity index (χ1v) is 7.84. The lowest BCUT2D eigenvalue weighted by Gasteiger charge is -2.22. The van der Waals surface area contributed by atoms with Crippen LogP contribution < -0.4 is 10.5 Å². The summed E-state index contributed by atoms with van der Waals surface area (Å²) in [5.74, 6) is 0.342. The molecule has 1 atom stereocenters. The van der Waals surface area contributed by atoms with Crippen molar-refractivity contribution in [2.75, 3.05) is 32.8 Å². The zero-order valence-electron chi connectivity index (χ0n) is 13.9. The molecule has 1 aliphatic rings. The van der Waals surface area contributed by atoms with Crippen molar-refractivity contribution in [1.29, 1.82) is 0 Å². The van der Waals surface area contributed by atoms with E-state index in [1.807, 2.05) is 24.3 Å². The van der Waals surface area contributed by atoms with Gasteiger partial charge in [-0.15, -0.1) is 12.4 Å². The average Bonchev–Trinajstić information content (AvgIpc) is 2.89. The highest BCUT2D eigenvalue weighted by Crippen LogP contribution is 2.29. The van der Waals surface area contributed by atoms with E-state index in [4.69, 9.17) is 15.2 Å². The van der Waals surface area contributed by atoms with Crippen LogP contribution in [0.5, 0.6) is 5.75 Å². The third kappa shape index (κ3) is 6.01. The van der Waals surface area contributed by atoms with E-state index >= 15 is 0 Å². The summed E-state index contributed by atoms with van der Waals surface area (Å²) >= 11 is 0. The summed E-state index contributed by atoms with van der Waals surface area (Å²) in [5.41, 5.74) is 7.33. The number of nitrogens with zero attached hydrogens (tertiary/aromatic N) is 1. The largest absolute Gasteiger partial charge is 0.482 e. The van der Waals surface area contributed by atoms with Gasteiger partial charge in [-0.25, -0.2) is 4.79 Å². The van der Waals surface area contributed by atoms with Crippen molar-refractivity contribution in [3.05, 3.63) is 29.8 Å². The van der Waals surface area contributed by atoms with Crippen LogP contribution in [0, 0.1) is 5.41 Å². The molecule has 0 radical (unpaired) electrons. The number of nitrogens with two attached hydrogens (primary N) is 1. The molecule has 0 spiro atoms. The molecule has 5 nitrogen and oxygen atoms in total. The van der Waals surface area contributed by atoms with Crippen molar-refractivity contribution in [2.45, 2.75) is 26.8 Å². The Morgan fingerprint density at radius 2 is 2.04 bits per heavy atom. The number of benzene rings is 1. The van der Waals surface area contributed by atoms with E-state index in [0.29, 0.717) is 12.4 Å². The molecule has 0 amide bonds. The molecule has 0 aromatic heterocycles. The third-order valence-electron chi connectivity index (χ3n) is 4.12. The van der Waals surface area contributed by atoms with E-state index in [1.54, 1.807) is 6.92 Å². The molecule has 1 aliphatic heterocycles. The van der Waals surface area contributed by atoms with E-state index in [1.165, 1.54) is 5.56 Å². The molecular formula is C17H27ClN2O3. The number of rotatable bonds is 7. The van der Waals surface area contributed by atoms with Gasteiger partial charge in [-0.05, 0) is 49.5 Å². The van der Waals surface area contributed by atoms with Crippen molar-refractivity contribution in [3.63, 3.8) is 0 Å². The van der Waals surface area contributed by atoms with Crippen molar-refractivity contribution in [1.82, 2.24) is 4.90 Å². The molecular weight excluding hydrogens is 316 g/mol. The van der Waals surface area contributed by atoms with Gasteiger partial charge in [0.15, 0.2) is 6.61 Å². The number of carbonyl (C=O) groups is 1. The van der Waals surface area contributed by atoms with Crippen molar-refractivity contribution in [3.8, 4) is 5.75 Å². The highest BCUT2D eigenvalue weighted by atomic mass is 35.5. The van der Waals surface area contributed by atoms with Gasteiger partial charge >= 0.3 is 5.97 Å². The number of likely N-dealkylation sites (tertiary alicyclic amines) is 1. The molecule has 23 heavy (non-hydrogen) atoms. The van der Waals surface area contributed by atoms with Crippen LogP contribution in [0.15, 0.2) is 24.3 Å². The number of carbonyl (C=O) groups excluding carboxylic acids is 1. The van der Waals surface area contributed by atoms with Crippen LogP contribution in [0.2, 0.25) is 0 Å². The van der Waals surface area contributed by atoms with Crippen LogP contribution >= 0.6 is 12.4 Å². The second kappa shape index (κ2) is 9.11. The fourth-order valence-electron chi connectivity index (χ4n) is 2.72. The van der Waals surface area contributed by atoms with Gasteiger partial charge in [0.05, 0.1) is 6.61 Å². The maximum absolute atomic E-state index is 11.2. The van der Waals surface area contributed by atoms with Gasteiger partial charge in [0, 0.05) is 13.1 Å². The zero-order chi connectivity index (χ0) is 16.0. The van der Waals surface area contributed by atoms with Gasteiger partial charge in [-0.3, -0.25) is 4.90 Å². The normalized spacial score (nSPS) is 20.8. The Hall–Kier alpha value is -1.30. The standard InChI is InChI=1S/C17H26N2O3.ClH/c1-3-21-16(20)11-22-15-6-4-14(5-7-15)10-19-9-8-17(2,12-18)13-19;/h4-7H,3,8-13,18H2,1-2H3;1H. The fourth-order valence-corrected chi connectivity index (χ4v) is 2.72. The van der Waals surface area contributed by atoms with Gasteiger partial charge in [-0.2, -0.15) is 0 Å². The summed E-state index contributed by atoms with van der Waals surface area (Å²) in [5, 5.41) is 0. The number of ether oxygens (including phenoxy) is 2. The van der Waals surface area contributed by atoms with E-state index in [2.05, 4.69) is 11.8 Å². The van der Waals surface area contributed by atoms with Crippen LogP contribution in [-0.4, -0.2) is 43.7 Å². The maximum Gasteiger partial charge on any atom is 0.344 e. The van der Waals surface area contributed by atoms with Gasteiger partial charge in [0.1, 0.15) is 5.75 Å². The minimum atomic E-state index is -0.343. The smallest absolute Gasteiger partial charge is 0.344 e. The first-order chi connectivity index (χ1) is 10.5. The summed E-state index contributed by atoms with van der Waals surface area (Å²) in [6.07, 6.45) is 1.16. The number of hydrogen-bond donors (Lipinski definition) is 1. The Labute approximate surface area is 144 Å². The number of esters is 1. The Kier molecular flexibility index (Phi) is 7.82. The third-order valence-corrected chi connectivity index (χ3v) is 4.12. The molecule has 0 aliphatic carbocycles. The average molecular weight is 343 g/mol. The van der Waals surface area contributed by atoms with Gasteiger partial charge < -0.3 is 15.2 Å². The van der Waals surface area contributed by atoms with E-state index in [-0.39, 0.29) is 30.4 Å². The molecule has 130 valence electrons. The van der Waals surface area contributed by atoms with Gasteiger partial charge in [-0.1, -0.05) is 19.1 Å². The Morgan fingerprint density at radius 3 is 2.61 bits per heavy atom. The summed E-state index contributed by atoms with van der Waals surface area (Å²) in [7, 11) is 0. The molecule has 1 aromatic rings. The highest BCUT2D eigenvalue weighted by Gasteiger charge is 2.32. The second-order valence-electron chi connectivity index (χ2n) is 6.21. The molecule has 0 bridgehead atoms. The lowest BCUT2D eigenvalue weighted by Crippen LogP contribution is -2.31. The molecule has 1 aromatic carbocycles. The van der Waals surface area contributed by atoms with E-state index in [0.717, 1.165) is 32.6 Å². The molecule has 0 saturated carbocycles. The maximum atomic E-state index is 11.2. The minimum Gasteiger partial charge on any atom is -0.482 e. The fraction of sp³-hybridized carbons (Fsp3) is 0.588. The molecule has 6 heteroatoms. The minimum absolute atomic E-state index is 0. The van der Waals surface area contributed by atoms with Crippen LogP contribution in [-0.2, 0) is 16.1 Å². The van der Waals surface area contributed by atoms with Crippen LogP contribution in [0.1, 0.15) is 25.8 Å². The van der Waals surface area contributed by atoms with Gasteiger partial charge in [0.25, 0.3) is 0 Å². The highest BCUT2D eigenvalue weighted by molar-refractivity contribution is 5.85. The summed E-state index contributed by atoms with van der Waals surface area (Å²) in [6, 6.07) is 7.87. The second-order valence-corrected chi connectivity index (χ2v) is 6.21. The Morgan fingerprint density at radius 1 is 1.35 bits per heavy atom. The Balaban J connectivity index is 0.00000264. The molecule has 1 fully saturated rings. The van der Waals surface area contributed by atoms with Gasteiger partial charge in [0.2, 0.25) is 0 Å². The summed E-state index contributed by atoms with van der Waals surface area (Å²) in [4.78, 5) is 13.7. The first kappa shape index (κ1) is 19.7. The SMILES string of the molecule is CCOC(=O)COc1ccc(CN2CCC(C)(CN)C2)cc1.Cl. The van der Waals surface area contributed by atoms with E-state index < -0.39 is 0 Å². The van der Waals surface area contributed by atoms with Crippen molar-refractivity contribution in [2.24, 2.45) is 11.1 Å². The summed E-state index contributed by atoms with van der Waals surface area (Å²) < 4.78 is 10.2. The zero-order valence-corrected chi connectivity index (χ0v) is 14.7. The predicted molar refractivity (Wildman–Crippen MR) is 92.9 cm³/mol. The molecule has 1 heterocycles. The lowest BCUT2D eigenvalue weighted by atomic mass is 9.90. The number of hydrogen-bond acceptors (Lipinski definition) is 5. The monoisotopic (exact) mass is 342 g/mol. The van der Waals surface area contributed by atoms with Crippen molar-refractivity contribution < 1.29 is 14.3 Å². The van der Waals surface area contributed by atoms with Crippen LogP contribution in [0.4, 0.5) is 0 Å². The van der Waals surface area contributed by atoms with Crippen LogP contribution in [0.25, 0.3) is 0 Å². The lowest BCUT2D eigenvalue weighted by molar-refractivity contribution is -0.145. The van der Waals surface area contributed by atoms with Crippen molar-refractivity contribution >= 4 is 18.4 Å². The molecule has 2 rings (SSSR count).